The van der Waals surface area contributed by atoms with E-state index in [1.54, 1.807) is 0 Å². The molecule has 0 saturated heterocycles. The molecular weight excluding hydrogens is 238 g/mol. The first-order chi connectivity index (χ1) is 9.20. The highest BCUT2D eigenvalue weighted by molar-refractivity contribution is 5.52. The summed E-state index contributed by atoms with van der Waals surface area (Å²) < 4.78 is 0. The molecule has 4 nitrogen and oxygen atoms in total. The summed E-state index contributed by atoms with van der Waals surface area (Å²) in [6, 6.07) is 11.7. The number of pyridine rings is 1. The lowest BCUT2D eigenvalue weighted by atomic mass is 10.1. The highest BCUT2D eigenvalue weighted by Crippen LogP contribution is 2.19. The molecule has 0 fully saturated rings. The number of benzene rings is 1. The van der Waals surface area contributed by atoms with Crippen LogP contribution in [-0.2, 0) is 6.42 Å². The van der Waals surface area contributed by atoms with Gasteiger partial charge in [-0.15, -0.1) is 4.91 Å². The first kappa shape index (κ1) is 13.2. The first-order valence-corrected chi connectivity index (χ1v) is 6.28. The van der Waals surface area contributed by atoms with E-state index >= 15 is 0 Å². The van der Waals surface area contributed by atoms with E-state index in [4.69, 9.17) is 0 Å². The minimum Gasteiger partial charge on any atom is -0.261 e. The van der Waals surface area contributed by atoms with Crippen LogP contribution in [0.1, 0.15) is 16.8 Å². The summed E-state index contributed by atoms with van der Waals surface area (Å²) in [7, 11) is 0. The largest absolute Gasteiger partial charge is 0.261 e. The Balaban J connectivity index is 2.06. The normalized spacial score (nSPS) is 10.2. The van der Waals surface area contributed by atoms with Crippen molar-refractivity contribution in [1.82, 2.24) is 4.98 Å². The van der Waals surface area contributed by atoms with Crippen LogP contribution in [0.15, 0.2) is 47.9 Å². The summed E-state index contributed by atoms with van der Waals surface area (Å²) in [5.74, 6) is 0. The molecule has 4 heteroatoms. The van der Waals surface area contributed by atoms with Crippen LogP contribution in [0, 0.1) is 18.8 Å². The van der Waals surface area contributed by atoms with E-state index in [1.165, 1.54) is 5.01 Å². The monoisotopic (exact) mass is 255 g/mol. The van der Waals surface area contributed by atoms with Crippen molar-refractivity contribution < 1.29 is 0 Å². The molecule has 0 bridgehead atoms. The van der Waals surface area contributed by atoms with Crippen molar-refractivity contribution in [1.29, 1.82) is 0 Å². The number of aromatic nitrogens is 1. The van der Waals surface area contributed by atoms with E-state index in [-0.39, 0.29) is 0 Å². The number of hydrogen-bond donors (Lipinski definition) is 0. The highest BCUT2D eigenvalue weighted by Gasteiger charge is 2.09. The Labute approximate surface area is 113 Å². The Morgan fingerprint density at radius 3 is 2.58 bits per heavy atom. The Kier molecular flexibility index (Phi) is 4.23. The topological polar surface area (TPSA) is 45.6 Å². The molecule has 19 heavy (non-hydrogen) atoms. The fraction of sp³-hybridized carbons (Fsp3) is 0.267. The van der Waals surface area contributed by atoms with Crippen molar-refractivity contribution in [2.24, 2.45) is 5.29 Å². The molecule has 2 aromatic rings. The molecule has 98 valence electrons. The zero-order valence-corrected chi connectivity index (χ0v) is 11.2. The van der Waals surface area contributed by atoms with Crippen LogP contribution in [0.2, 0.25) is 0 Å². The summed E-state index contributed by atoms with van der Waals surface area (Å²) in [6.07, 6.45) is 2.59. The minimum atomic E-state index is 0.555. The highest BCUT2D eigenvalue weighted by atomic mass is 16.3. The maximum atomic E-state index is 11.0. The van der Waals surface area contributed by atoms with Crippen molar-refractivity contribution in [3.63, 3.8) is 0 Å². The predicted molar refractivity (Wildman–Crippen MR) is 77.0 cm³/mol. The van der Waals surface area contributed by atoms with E-state index in [2.05, 4.69) is 10.3 Å². The second-order valence-corrected chi connectivity index (χ2v) is 4.55. The lowest BCUT2D eigenvalue weighted by Crippen LogP contribution is -2.19. The second-order valence-electron chi connectivity index (χ2n) is 4.55. The molecule has 1 aromatic carbocycles. The molecule has 1 heterocycles. The van der Waals surface area contributed by atoms with Gasteiger partial charge in [0.25, 0.3) is 0 Å². The van der Waals surface area contributed by atoms with E-state index in [0.29, 0.717) is 6.54 Å². The van der Waals surface area contributed by atoms with Crippen molar-refractivity contribution in [3.05, 3.63) is 64.3 Å². The zero-order chi connectivity index (χ0) is 13.7. The first-order valence-electron chi connectivity index (χ1n) is 6.28. The van der Waals surface area contributed by atoms with Gasteiger partial charge < -0.3 is 0 Å². The standard InChI is InChI=1S/C15H17N3O/c1-12-5-3-4-6-15(12)18(17-19)10-9-14-8-7-13(2)16-11-14/h3-8,11H,9-10H2,1-2H3. The molecule has 0 aliphatic carbocycles. The zero-order valence-electron chi connectivity index (χ0n) is 11.2. The molecular formula is C15H17N3O. The van der Waals surface area contributed by atoms with Crippen molar-refractivity contribution in [2.45, 2.75) is 20.3 Å². The molecule has 0 amide bonds. The lowest BCUT2D eigenvalue weighted by Gasteiger charge is -2.17. The van der Waals surface area contributed by atoms with Crippen LogP contribution in [0.25, 0.3) is 0 Å². The van der Waals surface area contributed by atoms with Crippen LogP contribution in [0.4, 0.5) is 5.69 Å². The van der Waals surface area contributed by atoms with Gasteiger partial charge in [0, 0.05) is 18.4 Å². The van der Waals surface area contributed by atoms with Gasteiger partial charge in [-0.25, -0.2) is 5.01 Å². The number of para-hydroxylation sites is 1. The van der Waals surface area contributed by atoms with Gasteiger partial charge in [-0.3, -0.25) is 4.98 Å². The Bertz CT molecular complexity index is 552. The van der Waals surface area contributed by atoms with Gasteiger partial charge in [0.1, 0.15) is 0 Å². The van der Waals surface area contributed by atoms with Gasteiger partial charge in [-0.1, -0.05) is 24.3 Å². The van der Waals surface area contributed by atoms with E-state index in [9.17, 15) is 4.91 Å². The molecule has 0 spiro atoms. The molecule has 0 aliphatic heterocycles. The van der Waals surface area contributed by atoms with Crippen LogP contribution < -0.4 is 5.01 Å². The molecule has 0 radical (unpaired) electrons. The van der Waals surface area contributed by atoms with Gasteiger partial charge in [0.15, 0.2) is 0 Å². The van der Waals surface area contributed by atoms with Gasteiger partial charge in [0.05, 0.1) is 11.0 Å². The molecule has 0 unspecified atom stereocenters. The van der Waals surface area contributed by atoms with Crippen LogP contribution >= 0.6 is 0 Å². The minimum absolute atomic E-state index is 0.555. The number of nitroso groups, excluding NO2 is 1. The van der Waals surface area contributed by atoms with Crippen LogP contribution in [0.3, 0.4) is 0 Å². The lowest BCUT2D eigenvalue weighted by molar-refractivity contribution is 0.813. The summed E-state index contributed by atoms with van der Waals surface area (Å²) in [5.41, 5.74) is 4.00. The molecule has 0 atom stereocenters. The van der Waals surface area contributed by atoms with Crippen molar-refractivity contribution in [3.8, 4) is 0 Å². The van der Waals surface area contributed by atoms with Gasteiger partial charge in [-0.05, 0) is 43.5 Å². The summed E-state index contributed by atoms with van der Waals surface area (Å²) >= 11 is 0. The Hall–Kier alpha value is -2.23. The average Bonchev–Trinajstić information content (AvgIpc) is 2.43. The predicted octanol–water partition coefficient (Wildman–Crippen LogP) is 3.43. The smallest absolute Gasteiger partial charge is 0.0655 e. The van der Waals surface area contributed by atoms with E-state index in [0.717, 1.165) is 28.9 Å². The molecule has 1 aromatic heterocycles. The third kappa shape index (κ3) is 3.37. The van der Waals surface area contributed by atoms with E-state index in [1.807, 2.05) is 56.4 Å². The SMILES string of the molecule is Cc1ccc(CCN(N=O)c2ccccc2C)cn1. The molecule has 0 saturated carbocycles. The molecule has 0 N–H and O–H groups in total. The quantitative estimate of drug-likeness (QED) is 0.607. The fourth-order valence-corrected chi connectivity index (χ4v) is 1.94. The second kappa shape index (κ2) is 6.09. The molecule has 2 rings (SSSR count). The van der Waals surface area contributed by atoms with Crippen molar-refractivity contribution in [2.75, 3.05) is 11.6 Å². The summed E-state index contributed by atoms with van der Waals surface area (Å²) in [6.45, 7) is 4.48. The Morgan fingerprint density at radius 1 is 1.16 bits per heavy atom. The average molecular weight is 255 g/mol. The van der Waals surface area contributed by atoms with Gasteiger partial charge in [-0.2, -0.15) is 0 Å². The number of rotatable bonds is 5. The number of nitrogens with zero attached hydrogens (tertiary/aromatic N) is 3. The summed E-state index contributed by atoms with van der Waals surface area (Å²) in [4.78, 5) is 15.2. The van der Waals surface area contributed by atoms with E-state index < -0.39 is 0 Å². The number of hydrogen-bond acceptors (Lipinski definition) is 3. The Morgan fingerprint density at radius 2 is 1.95 bits per heavy atom. The van der Waals surface area contributed by atoms with Crippen molar-refractivity contribution >= 4 is 5.69 Å². The van der Waals surface area contributed by atoms with Crippen LogP contribution in [0.5, 0.6) is 0 Å². The maximum absolute atomic E-state index is 11.0. The maximum Gasteiger partial charge on any atom is 0.0655 e. The third-order valence-corrected chi connectivity index (χ3v) is 3.08. The van der Waals surface area contributed by atoms with Crippen LogP contribution in [-0.4, -0.2) is 11.5 Å². The van der Waals surface area contributed by atoms with Gasteiger partial charge >= 0.3 is 0 Å². The van der Waals surface area contributed by atoms with Gasteiger partial charge in [0.2, 0.25) is 0 Å². The summed E-state index contributed by atoms with van der Waals surface area (Å²) in [5, 5.41) is 4.61. The number of aryl methyl sites for hydroxylation is 2. The third-order valence-electron chi connectivity index (χ3n) is 3.08. The molecule has 0 aliphatic rings. The fourth-order valence-electron chi connectivity index (χ4n) is 1.94. The number of anilines is 1.